The summed E-state index contributed by atoms with van der Waals surface area (Å²) >= 11 is 0. The zero-order chi connectivity index (χ0) is 37.1. The van der Waals surface area contributed by atoms with E-state index in [1.165, 1.54) is 12.1 Å². The first-order valence-corrected chi connectivity index (χ1v) is 17.8. The van der Waals surface area contributed by atoms with Crippen molar-refractivity contribution in [1.29, 1.82) is 0 Å². The lowest BCUT2D eigenvalue weighted by atomic mass is 9.80. The second-order valence-corrected chi connectivity index (χ2v) is 13.9. The average Bonchev–Trinajstić information content (AvgIpc) is 3.15. The number of rotatable bonds is 12. The van der Waals surface area contributed by atoms with Crippen LogP contribution in [0.3, 0.4) is 0 Å². The zero-order valence-electron chi connectivity index (χ0n) is 29.7. The highest BCUT2D eigenvalue weighted by Crippen LogP contribution is 2.38. The highest BCUT2D eigenvalue weighted by molar-refractivity contribution is 5.90. The molecule has 2 N–H and O–H groups in total. The lowest BCUT2D eigenvalue weighted by Gasteiger charge is -2.24. The van der Waals surface area contributed by atoms with E-state index >= 15 is 0 Å². The Hall–Kier alpha value is -6.01. The van der Waals surface area contributed by atoms with E-state index in [0.29, 0.717) is 25.9 Å². The number of carbonyl (C=O) groups is 1. The Morgan fingerprint density at radius 2 is 1.23 bits per heavy atom. The number of carboxylic acids is 1. The van der Waals surface area contributed by atoms with E-state index in [2.05, 4.69) is 0 Å². The highest BCUT2D eigenvalue weighted by Gasteiger charge is 2.24. The summed E-state index contributed by atoms with van der Waals surface area (Å²) in [5, 5.41) is 23.4. The first-order chi connectivity index (χ1) is 25.6. The van der Waals surface area contributed by atoms with Gasteiger partial charge in [0.2, 0.25) is 0 Å². The SMILES string of the molecule is Cc1c(CC(CC(=O)O)c2cc3ccc(F)cc3c(Cc3ccc(OCc4ccccc4)cc3)c2C)cc2ccc(F)cc2c1Cc1ccc(O)cc1. The minimum Gasteiger partial charge on any atom is -0.508 e. The molecule has 6 heteroatoms. The van der Waals surface area contributed by atoms with Crippen LogP contribution in [0.4, 0.5) is 8.78 Å². The number of phenols is 1. The number of phenolic OH excluding ortho intramolecular Hbond substituents is 1. The molecular formula is C47H40F2O4. The van der Waals surface area contributed by atoms with Crippen molar-refractivity contribution in [2.45, 2.75) is 52.1 Å². The fourth-order valence-corrected chi connectivity index (χ4v) is 7.50. The maximum Gasteiger partial charge on any atom is 0.303 e. The largest absolute Gasteiger partial charge is 0.508 e. The Morgan fingerprint density at radius 3 is 1.83 bits per heavy atom. The lowest BCUT2D eigenvalue weighted by molar-refractivity contribution is -0.137. The number of ether oxygens (including phenoxy) is 1. The molecule has 0 spiro atoms. The third-order valence-corrected chi connectivity index (χ3v) is 10.3. The van der Waals surface area contributed by atoms with Crippen molar-refractivity contribution in [1.82, 2.24) is 0 Å². The molecule has 0 heterocycles. The molecule has 7 rings (SSSR count). The highest BCUT2D eigenvalue weighted by atomic mass is 19.1. The zero-order valence-corrected chi connectivity index (χ0v) is 29.7. The van der Waals surface area contributed by atoms with Gasteiger partial charge < -0.3 is 14.9 Å². The summed E-state index contributed by atoms with van der Waals surface area (Å²) in [6, 6.07) is 38.5. The van der Waals surface area contributed by atoms with Crippen LogP contribution in [-0.2, 0) is 30.7 Å². The van der Waals surface area contributed by atoms with E-state index in [1.54, 1.807) is 36.4 Å². The molecule has 1 atom stereocenters. The first kappa shape index (κ1) is 35.4. The van der Waals surface area contributed by atoms with Gasteiger partial charge in [0.05, 0.1) is 6.42 Å². The topological polar surface area (TPSA) is 66.8 Å². The van der Waals surface area contributed by atoms with Crippen LogP contribution in [0.15, 0.2) is 127 Å². The molecule has 0 fully saturated rings. The van der Waals surface area contributed by atoms with Gasteiger partial charge in [-0.25, -0.2) is 8.78 Å². The summed E-state index contributed by atoms with van der Waals surface area (Å²) in [7, 11) is 0. The maximum absolute atomic E-state index is 14.8. The molecule has 7 aromatic carbocycles. The number of hydrogen-bond acceptors (Lipinski definition) is 3. The molecule has 53 heavy (non-hydrogen) atoms. The quantitative estimate of drug-likeness (QED) is 0.133. The van der Waals surface area contributed by atoms with Gasteiger partial charge in [-0.05, 0) is 159 Å². The van der Waals surface area contributed by atoms with Crippen LogP contribution >= 0.6 is 0 Å². The standard InChI is InChI=1S/C47H40F2O4/c1-29-36(22-34-12-14-38(48)26-45(34)43(29)20-31-8-16-40(50)17-9-31)23-37(25-47(51)52)42-24-35-13-15-39(49)27-46(35)44(30(42)2)21-32-10-18-41(19-11-32)53-28-33-6-4-3-5-7-33/h3-19,22,24,26-27,37,50H,20-21,23,25,28H2,1-2H3,(H,51,52). The van der Waals surface area contributed by atoms with Gasteiger partial charge in [0.25, 0.3) is 0 Å². The Kier molecular flexibility index (Phi) is 10.2. The molecule has 0 saturated carbocycles. The summed E-state index contributed by atoms with van der Waals surface area (Å²) in [5.74, 6) is -1.05. The van der Waals surface area contributed by atoms with E-state index in [0.717, 1.165) is 77.4 Å². The summed E-state index contributed by atoms with van der Waals surface area (Å²) in [6.07, 6.45) is 1.38. The third kappa shape index (κ3) is 8.07. The minimum atomic E-state index is -0.911. The monoisotopic (exact) mass is 706 g/mol. The summed E-state index contributed by atoms with van der Waals surface area (Å²) in [4.78, 5) is 12.5. The smallest absolute Gasteiger partial charge is 0.303 e. The van der Waals surface area contributed by atoms with Crippen molar-refractivity contribution < 1.29 is 28.5 Å². The maximum atomic E-state index is 14.8. The fraction of sp³-hybridized carbons (Fsp3) is 0.170. The molecule has 0 amide bonds. The molecule has 0 aliphatic carbocycles. The molecule has 0 aromatic heterocycles. The van der Waals surface area contributed by atoms with Gasteiger partial charge in [-0.2, -0.15) is 0 Å². The first-order valence-electron chi connectivity index (χ1n) is 17.8. The second kappa shape index (κ2) is 15.3. The van der Waals surface area contributed by atoms with Crippen molar-refractivity contribution in [3.05, 3.63) is 189 Å². The van der Waals surface area contributed by atoms with Crippen LogP contribution in [0.2, 0.25) is 0 Å². The summed E-state index contributed by atoms with van der Waals surface area (Å²) in [5.41, 5.74) is 8.77. The Morgan fingerprint density at radius 1 is 0.660 bits per heavy atom. The van der Waals surface area contributed by atoms with Gasteiger partial charge in [-0.15, -0.1) is 0 Å². The van der Waals surface area contributed by atoms with Crippen molar-refractivity contribution in [2.24, 2.45) is 0 Å². The van der Waals surface area contributed by atoms with Crippen molar-refractivity contribution in [2.75, 3.05) is 0 Å². The predicted octanol–water partition coefficient (Wildman–Crippen LogP) is 11.2. The van der Waals surface area contributed by atoms with Crippen LogP contribution in [0.5, 0.6) is 11.5 Å². The molecule has 7 aromatic rings. The lowest BCUT2D eigenvalue weighted by Crippen LogP contribution is -2.13. The Labute approximate surface area is 308 Å². The molecule has 4 nitrogen and oxygen atoms in total. The number of carboxylic acid groups (broad SMARTS) is 1. The third-order valence-electron chi connectivity index (χ3n) is 10.3. The number of fused-ring (bicyclic) bond motifs is 2. The minimum absolute atomic E-state index is 0.103. The van der Waals surface area contributed by atoms with Crippen molar-refractivity contribution in [3.8, 4) is 11.5 Å². The molecule has 266 valence electrons. The fourth-order valence-electron chi connectivity index (χ4n) is 7.50. The number of halogens is 2. The van der Waals surface area contributed by atoms with Crippen LogP contribution in [0.25, 0.3) is 21.5 Å². The van der Waals surface area contributed by atoms with E-state index in [-0.39, 0.29) is 23.8 Å². The summed E-state index contributed by atoms with van der Waals surface area (Å²) in [6.45, 7) is 4.48. The van der Waals surface area contributed by atoms with E-state index in [1.807, 2.05) is 92.7 Å². The molecule has 0 saturated heterocycles. The van der Waals surface area contributed by atoms with Gasteiger partial charge in [0.1, 0.15) is 29.7 Å². The molecule has 0 aliphatic heterocycles. The van der Waals surface area contributed by atoms with Crippen LogP contribution in [0.1, 0.15) is 62.4 Å². The van der Waals surface area contributed by atoms with Crippen molar-refractivity contribution >= 4 is 27.5 Å². The van der Waals surface area contributed by atoms with Gasteiger partial charge in [-0.3, -0.25) is 4.79 Å². The average molecular weight is 707 g/mol. The second-order valence-electron chi connectivity index (χ2n) is 13.9. The molecule has 0 aliphatic rings. The van der Waals surface area contributed by atoms with Gasteiger partial charge >= 0.3 is 5.97 Å². The van der Waals surface area contributed by atoms with Gasteiger partial charge in [0, 0.05) is 0 Å². The van der Waals surface area contributed by atoms with E-state index < -0.39 is 11.9 Å². The van der Waals surface area contributed by atoms with Crippen LogP contribution in [-0.4, -0.2) is 16.2 Å². The number of benzene rings is 7. The molecule has 1 unspecified atom stereocenters. The Balaban J connectivity index is 1.26. The normalized spacial score (nSPS) is 11.9. The van der Waals surface area contributed by atoms with Gasteiger partial charge in [-0.1, -0.05) is 78.9 Å². The van der Waals surface area contributed by atoms with Crippen molar-refractivity contribution in [3.63, 3.8) is 0 Å². The predicted molar refractivity (Wildman–Crippen MR) is 207 cm³/mol. The summed E-state index contributed by atoms with van der Waals surface area (Å²) < 4.78 is 35.4. The molecule has 0 radical (unpaired) electrons. The molecular weight excluding hydrogens is 667 g/mol. The number of hydrogen-bond donors (Lipinski definition) is 2. The van der Waals surface area contributed by atoms with Crippen LogP contribution < -0.4 is 4.74 Å². The van der Waals surface area contributed by atoms with E-state index in [4.69, 9.17) is 4.74 Å². The van der Waals surface area contributed by atoms with Gasteiger partial charge in [0.15, 0.2) is 0 Å². The van der Waals surface area contributed by atoms with E-state index in [9.17, 15) is 23.8 Å². The molecule has 0 bridgehead atoms. The Bertz CT molecular complexity index is 2420. The number of aromatic hydroxyl groups is 1. The van der Waals surface area contributed by atoms with Crippen LogP contribution in [0, 0.1) is 25.5 Å². The number of aliphatic carboxylic acids is 1.